The van der Waals surface area contributed by atoms with Crippen LogP contribution in [-0.2, 0) is 14.6 Å². The van der Waals surface area contributed by atoms with Crippen LogP contribution in [0.4, 0.5) is 0 Å². The zero-order valence-electron chi connectivity index (χ0n) is 14.2. The van der Waals surface area contributed by atoms with Crippen LogP contribution in [0, 0.1) is 17.8 Å². The summed E-state index contributed by atoms with van der Waals surface area (Å²) in [4.78, 5) is 7.14. The fourth-order valence-electron chi connectivity index (χ4n) is 4.79. The molecule has 8 heteroatoms. The Hall–Kier alpha value is -0.0900. The summed E-state index contributed by atoms with van der Waals surface area (Å²) in [6.45, 7) is 5.61. The smallest absolute Gasteiger partial charge is 0.193 e. The average molecular weight is 469 g/mol. The second-order valence-corrected chi connectivity index (χ2v) is 9.72. The summed E-state index contributed by atoms with van der Waals surface area (Å²) in [5.74, 6) is 3.10. The fraction of sp³-hybridized carbons (Fsp3) is 0.938. The summed E-state index contributed by atoms with van der Waals surface area (Å²) in [5.41, 5.74) is 0. The van der Waals surface area contributed by atoms with E-state index in [1.54, 1.807) is 0 Å². The average Bonchev–Trinajstić information content (AvgIpc) is 3.24. The van der Waals surface area contributed by atoms with Gasteiger partial charge in [0.15, 0.2) is 15.8 Å². The van der Waals surface area contributed by atoms with Crippen LogP contribution in [-0.4, -0.2) is 69.2 Å². The van der Waals surface area contributed by atoms with Crippen molar-refractivity contribution < 1.29 is 13.2 Å². The Morgan fingerprint density at radius 1 is 1.21 bits per heavy atom. The van der Waals surface area contributed by atoms with Crippen LogP contribution in [0.3, 0.4) is 0 Å². The number of ether oxygens (including phenoxy) is 1. The van der Waals surface area contributed by atoms with E-state index in [1.807, 2.05) is 0 Å². The van der Waals surface area contributed by atoms with Gasteiger partial charge in [0, 0.05) is 38.0 Å². The van der Waals surface area contributed by atoms with Crippen molar-refractivity contribution in [2.24, 2.45) is 22.7 Å². The lowest BCUT2D eigenvalue weighted by Crippen LogP contribution is -2.41. The molecule has 0 radical (unpaired) electrons. The number of halogens is 1. The molecule has 1 N–H and O–H groups in total. The maximum absolute atomic E-state index is 11.6. The van der Waals surface area contributed by atoms with E-state index in [9.17, 15) is 8.42 Å². The second kappa shape index (κ2) is 7.26. The summed E-state index contributed by atoms with van der Waals surface area (Å²) in [6, 6.07) is 0. The molecule has 4 rings (SSSR count). The summed E-state index contributed by atoms with van der Waals surface area (Å²) in [7, 11) is -2.81. The van der Waals surface area contributed by atoms with E-state index < -0.39 is 9.84 Å². The first kappa shape index (κ1) is 18.7. The molecule has 0 aromatic heterocycles. The Morgan fingerprint density at radius 3 is 2.42 bits per heavy atom. The molecule has 0 amide bonds. The lowest BCUT2D eigenvalue weighted by molar-refractivity contribution is 0.0767. The number of sulfone groups is 1. The predicted octanol–water partition coefficient (Wildman–Crippen LogP) is 1.11. The molecule has 4 saturated heterocycles. The molecule has 4 fully saturated rings. The Kier molecular flexibility index (Phi) is 5.66. The molecular formula is C16H28IN3O3S. The highest BCUT2D eigenvalue weighted by molar-refractivity contribution is 14.0. The first-order chi connectivity index (χ1) is 11.1. The summed E-state index contributed by atoms with van der Waals surface area (Å²) in [6.07, 6.45) is 4.10. The quantitative estimate of drug-likeness (QED) is 0.381. The molecule has 0 saturated carbocycles. The standard InChI is InChI=1S/C16H27N3O3S.HI/c1-2-17-16(18-7-11-5-6-23(20,21)10-11)19-8-12-13(9-19)15-4-3-14(12)22-15;/h11-15H,2-10H2,1H3,(H,17,18);1H. The maximum atomic E-state index is 11.6. The van der Waals surface area contributed by atoms with Gasteiger partial charge in [-0.1, -0.05) is 0 Å². The van der Waals surface area contributed by atoms with Crippen molar-refractivity contribution in [1.29, 1.82) is 0 Å². The Morgan fingerprint density at radius 2 is 1.88 bits per heavy atom. The lowest BCUT2D eigenvalue weighted by atomic mass is 9.82. The zero-order valence-corrected chi connectivity index (χ0v) is 17.3. The van der Waals surface area contributed by atoms with Crippen molar-refractivity contribution >= 4 is 39.8 Å². The van der Waals surface area contributed by atoms with Gasteiger partial charge in [-0.25, -0.2) is 8.42 Å². The monoisotopic (exact) mass is 469 g/mol. The molecule has 0 spiro atoms. The molecule has 0 aromatic carbocycles. The third-order valence-electron chi connectivity index (χ3n) is 5.91. The van der Waals surface area contributed by atoms with E-state index in [2.05, 4.69) is 17.1 Å². The van der Waals surface area contributed by atoms with E-state index in [0.717, 1.165) is 32.0 Å². The SMILES string of the molecule is CCNC(=NCC1CCS(=O)(=O)C1)N1CC2C3CCC(O3)C2C1.I. The molecule has 4 heterocycles. The van der Waals surface area contributed by atoms with Gasteiger partial charge in [-0.3, -0.25) is 4.99 Å². The number of hydrogen-bond donors (Lipinski definition) is 1. The first-order valence-corrected chi connectivity index (χ1v) is 10.8. The number of guanidine groups is 1. The molecule has 0 aromatic rings. The third kappa shape index (κ3) is 3.56. The summed E-state index contributed by atoms with van der Waals surface area (Å²) in [5, 5.41) is 3.39. The number of likely N-dealkylation sites (tertiary alicyclic amines) is 1. The number of nitrogens with one attached hydrogen (secondary N) is 1. The Balaban J connectivity index is 0.00000169. The van der Waals surface area contributed by atoms with E-state index in [4.69, 9.17) is 9.73 Å². The van der Waals surface area contributed by atoms with E-state index >= 15 is 0 Å². The molecule has 2 bridgehead atoms. The van der Waals surface area contributed by atoms with Crippen LogP contribution in [0.15, 0.2) is 4.99 Å². The summed E-state index contributed by atoms with van der Waals surface area (Å²) < 4.78 is 29.2. The molecule has 4 aliphatic heterocycles. The van der Waals surface area contributed by atoms with E-state index in [1.165, 1.54) is 12.8 Å². The van der Waals surface area contributed by atoms with Gasteiger partial charge in [0.05, 0.1) is 23.7 Å². The molecular weight excluding hydrogens is 441 g/mol. The second-order valence-electron chi connectivity index (χ2n) is 7.49. The largest absolute Gasteiger partial charge is 0.374 e. The van der Waals surface area contributed by atoms with Gasteiger partial charge in [0.25, 0.3) is 0 Å². The van der Waals surface area contributed by atoms with Crippen molar-refractivity contribution in [1.82, 2.24) is 10.2 Å². The highest BCUT2D eigenvalue weighted by Gasteiger charge is 2.53. The van der Waals surface area contributed by atoms with Gasteiger partial charge in [0.1, 0.15) is 0 Å². The maximum Gasteiger partial charge on any atom is 0.193 e. The zero-order chi connectivity index (χ0) is 16.0. The predicted molar refractivity (Wildman–Crippen MR) is 105 cm³/mol. The van der Waals surface area contributed by atoms with E-state index in [0.29, 0.717) is 42.1 Å². The van der Waals surface area contributed by atoms with Crippen molar-refractivity contribution in [2.75, 3.05) is 37.7 Å². The van der Waals surface area contributed by atoms with Crippen molar-refractivity contribution in [2.45, 2.75) is 38.4 Å². The minimum Gasteiger partial charge on any atom is -0.374 e. The van der Waals surface area contributed by atoms with Crippen LogP contribution >= 0.6 is 24.0 Å². The molecule has 5 atom stereocenters. The minimum absolute atomic E-state index is 0. The van der Waals surface area contributed by atoms with Gasteiger partial charge in [0.2, 0.25) is 0 Å². The molecule has 24 heavy (non-hydrogen) atoms. The van der Waals surface area contributed by atoms with Crippen LogP contribution in [0.2, 0.25) is 0 Å². The molecule has 6 nitrogen and oxygen atoms in total. The van der Waals surface area contributed by atoms with Gasteiger partial charge < -0.3 is 15.0 Å². The van der Waals surface area contributed by atoms with Gasteiger partial charge in [-0.15, -0.1) is 24.0 Å². The van der Waals surface area contributed by atoms with Crippen LogP contribution in [0.5, 0.6) is 0 Å². The number of nitrogens with zero attached hydrogens (tertiary/aromatic N) is 2. The molecule has 138 valence electrons. The van der Waals surface area contributed by atoms with Crippen molar-refractivity contribution in [3.05, 3.63) is 0 Å². The van der Waals surface area contributed by atoms with Gasteiger partial charge in [-0.05, 0) is 32.1 Å². The highest BCUT2D eigenvalue weighted by atomic mass is 127. The Labute approximate surface area is 161 Å². The van der Waals surface area contributed by atoms with E-state index in [-0.39, 0.29) is 29.9 Å². The first-order valence-electron chi connectivity index (χ1n) is 8.95. The number of hydrogen-bond acceptors (Lipinski definition) is 4. The molecule has 0 aliphatic carbocycles. The normalized spacial score (nSPS) is 39.8. The Bertz CT molecular complexity index is 579. The number of rotatable bonds is 3. The van der Waals surface area contributed by atoms with Gasteiger partial charge >= 0.3 is 0 Å². The van der Waals surface area contributed by atoms with Crippen LogP contribution in [0.1, 0.15) is 26.2 Å². The number of aliphatic imine (C=N–C) groups is 1. The number of fused-ring (bicyclic) bond motifs is 5. The lowest BCUT2D eigenvalue weighted by Gasteiger charge is -2.23. The van der Waals surface area contributed by atoms with Gasteiger partial charge in [-0.2, -0.15) is 0 Å². The summed E-state index contributed by atoms with van der Waals surface area (Å²) >= 11 is 0. The molecule has 5 unspecified atom stereocenters. The van der Waals surface area contributed by atoms with Crippen LogP contribution in [0.25, 0.3) is 0 Å². The highest BCUT2D eigenvalue weighted by Crippen LogP contribution is 2.47. The van der Waals surface area contributed by atoms with Crippen molar-refractivity contribution in [3.63, 3.8) is 0 Å². The third-order valence-corrected chi connectivity index (χ3v) is 7.75. The molecule has 4 aliphatic rings. The fourth-order valence-corrected chi connectivity index (χ4v) is 6.64. The van der Waals surface area contributed by atoms with Crippen molar-refractivity contribution in [3.8, 4) is 0 Å². The van der Waals surface area contributed by atoms with Crippen LogP contribution < -0.4 is 5.32 Å². The topological polar surface area (TPSA) is 71.0 Å². The minimum atomic E-state index is -2.81.